The average Bonchev–Trinajstić information content (AvgIpc) is 0.960. The number of esters is 4. The van der Waals surface area contributed by atoms with Crippen molar-refractivity contribution in [3.05, 3.63) is 0 Å². The van der Waals surface area contributed by atoms with Crippen molar-refractivity contribution in [2.24, 2.45) is 5.92 Å². The van der Waals surface area contributed by atoms with Crippen LogP contribution in [0.25, 0.3) is 0 Å². The number of carbonyl (C=O) groups is 4. The largest absolute Gasteiger partial charge is 0.472 e. The Hall–Kier alpha value is -1.94. The van der Waals surface area contributed by atoms with Gasteiger partial charge in [0.25, 0.3) is 0 Å². The van der Waals surface area contributed by atoms with Gasteiger partial charge in [0.15, 0.2) is 12.2 Å². The molecule has 0 spiro atoms. The average molecular weight is 1470 g/mol. The quantitative estimate of drug-likeness (QED) is 0.0222. The molecule has 17 nitrogen and oxygen atoms in total. The molecule has 0 bridgehead atoms. The molecule has 0 aliphatic rings. The van der Waals surface area contributed by atoms with Crippen molar-refractivity contribution in [2.75, 3.05) is 39.6 Å². The molecule has 0 fully saturated rings. The van der Waals surface area contributed by atoms with Crippen molar-refractivity contribution >= 4 is 39.5 Å². The molecule has 0 aromatic rings. The van der Waals surface area contributed by atoms with E-state index in [4.69, 9.17) is 37.0 Å². The van der Waals surface area contributed by atoms with Gasteiger partial charge in [-0.25, -0.2) is 9.13 Å². The van der Waals surface area contributed by atoms with Crippen LogP contribution in [-0.2, 0) is 65.4 Å². The lowest BCUT2D eigenvalue weighted by molar-refractivity contribution is -0.161. The van der Waals surface area contributed by atoms with Crippen LogP contribution in [0.4, 0.5) is 0 Å². The number of aliphatic hydroxyl groups excluding tert-OH is 1. The molecule has 0 radical (unpaired) electrons. The molecule has 0 aromatic heterocycles. The second-order valence-corrected chi connectivity index (χ2v) is 32.5. The summed E-state index contributed by atoms with van der Waals surface area (Å²) in [5, 5.41) is 10.6. The standard InChI is InChI=1S/C81H158O17P2/c1-6-9-12-15-18-21-24-26-28-29-30-31-32-38-42-47-52-57-62-67-81(86)98-77(71-92-79(84)65-60-55-50-45-40-37-34-33-35-39-43-48-53-58-63-74(4)5)73-96-100(89,90)94-69-75(82)68-93-99(87,88)95-72-76(70-91-78(83)64-59-54-49-44-23-20-17-14-11-8-3)97-80(85)66-61-56-51-46-41-36-27-25-22-19-16-13-10-7-2/h74-77,82H,6-73H2,1-5H3,(H,87,88)(H,89,90)/t75-,76+,77+/m0/s1. The number of ether oxygens (including phenoxy) is 4. The monoisotopic (exact) mass is 1470 g/mol. The molecular formula is C81H158O17P2. The summed E-state index contributed by atoms with van der Waals surface area (Å²) in [6.45, 7) is 7.35. The lowest BCUT2D eigenvalue weighted by atomic mass is 10.0. The first-order valence-corrected chi connectivity index (χ1v) is 45.1. The summed E-state index contributed by atoms with van der Waals surface area (Å²) in [6.07, 6.45) is 65.1. The Labute approximate surface area is 613 Å². The maximum absolute atomic E-state index is 13.1. The fourth-order valence-electron chi connectivity index (χ4n) is 12.6. The van der Waals surface area contributed by atoms with Crippen LogP contribution in [0.2, 0.25) is 0 Å². The van der Waals surface area contributed by atoms with E-state index in [1.807, 2.05) is 0 Å². The number of hydrogen-bond donors (Lipinski definition) is 3. The van der Waals surface area contributed by atoms with E-state index in [-0.39, 0.29) is 25.7 Å². The number of hydrogen-bond acceptors (Lipinski definition) is 15. The van der Waals surface area contributed by atoms with E-state index in [1.54, 1.807) is 0 Å². The number of unbranched alkanes of at least 4 members (excludes halogenated alkanes) is 53. The predicted molar refractivity (Wildman–Crippen MR) is 409 cm³/mol. The molecule has 0 aromatic carbocycles. The summed E-state index contributed by atoms with van der Waals surface area (Å²) in [6, 6.07) is 0. The van der Waals surface area contributed by atoms with Crippen LogP contribution in [0.15, 0.2) is 0 Å². The molecule has 5 atom stereocenters. The van der Waals surface area contributed by atoms with E-state index in [0.29, 0.717) is 25.7 Å². The highest BCUT2D eigenvalue weighted by Gasteiger charge is 2.30. The van der Waals surface area contributed by atoms with E-state index in [9.17, 15) is 43.2 Å². The van der Waals surface area contributed by atoms with Crippen LogP contribution >= 0.6 is 15.6 Å². The van der Waals surface area contributed by atoms with E-state index in [2.05, 4.69) is 34.6 Å². The van der Waals surface area contributed by atoms with Crippen LogP contribution in [0.3, 0.4) is 0 Å². The van der Waals surface area contributed by atoms with Gasteiger partial charge in [-0.15, -0.1) is 0 Å². The molecular weight excluding hydrogens is 1310 g/mol. The van der Waals surface area contributed by atoms with E-state index < -0.39 is 97.5 Å². The van der Waals surface area contributed by atoms with Crippen molar-refractivity contribution in [1.29, 1.82) is 0 Å². The highest BCUT2D eigenvalue weighted by Crippen LogP contribution is 2.45. The fourth-order valence-corrected chi connectivity index (χ4v) is 14.2. The molecule has 2 unspecified atom stereocenters. The van der Waals surface area contributed by atoms with Gasteiger partial charge in [0.1, 0.15) is 19.3 Å². The first-order chi connectivity index (χ1) is 48.5. The van der Waals surface area contributed by atoms with Crippen molar-refractivity contribution in [3.63, 3.8) is 0 Å². The van der Waals surface area contributed by atoms with Crippen molar-refractivity contribution in [2.45, 2.75) is 451 Å². The van der Waals surface area contributed by atoms with Gasteiger partial charge in [0, 0.05) is 25.7 Å². The Morgan fingerprint density at radius 3 is 0.680 bits per heavy atom. The molecule has 594 valence electrons. The Morgan fingerprint density at radius 1 is 0.270 bits per heavy atom. The highest BCUT2D eigenvalue weighted by molar-refractivity contribution is 7.47. The molecule has 0 saturated heterocycles. The Morgan fingerprint density at radius 2 is 0.460 bits per heavy atom. The third-order valence-electron chi connectivity index (χ3n) is 19.0. The minimum absolute atomic E-state index is 0.108. The molecule has 3 N–H and O–H groups in total. The second-order valence-electron chi connectivity index (χ2n) is 29.6. The Bertz CT molecular complexity index is 1910. The minimum atomic E-state index is -4.96. The van der Waals surface area contributed by atoms with Gasteiger partial charge in [-0.1, -0.05) is 381 Å². The SMILES string of the molecule is CCCCCCCCCCCCCCCCCCCCCC(=O)O[C@H](COC(=O)CCCCCCCCCCCCCCCCC(C)C)COP(=O)(O)OC[C@@H](O)COP(=O)(O)OC[C@@H](COC(=O)CCCCCCCCCCCC)OC(=O)CCCCCCCCCCCCCCCC. The molecule has 0 heterocycles. The van der Waals surface area contributed by atoms with E-state index >= 15 is 0 Å². The van der Waals surface area contributed by atoms with Gasteiger partial charge in [-0.05, 0) is 31.6 Å². The summed E-state index contributed by atoms with van der Waals surface area (Å²) in [5.74, 6) is -1.31. The van der Waals surface area contributed by atoms with Crippen LogP contribution in [0.5, 0.6) is 0 Å². The smallest absolute Gasteiger partial charge is 0.462 e. The van der Waals surface area contributed by atoms with Gasteiger partial charge in [0.05, 0.1) is 26.4 Å². The first-order valence-electron chi connectivity index (χ1n) is 42.1. The molecule has 100 heavy (non-hydrogen) atoms. The van der Waals surface area contributed by atoms with E-state index in [0.717, 1.165) is 95.8 Å². The summed E-state index contributed by atoms with van der Waals surface area (Å²) < 4.78 is 68.7. The minimum Gasteiger partial charge on any atom is -0.462 e. The maximum atomic E-state index is 13.1. The third kappa shape index (κ3) is 74.3. The van der Waals surface area contributed by atoms with Crippen LogP contribution < -0.4 is 0 Å². The summed E-state index contributed by atoms with van der Waals surface area (Å²) in [7, 11) is -9.92. The lowest BCUT2D eigenvalue weighted by Gasteiger charge is -2.21. The van der Waals surface area contributed by atoms with Gasteiger partial charge >= 0.3 is 39.5 Å². The normalized spacial score (nSPS) is 13.8. The second kappa shape index (κ2) is 73.9. The highest BCUT2D eigenvalue weighted by atomic mass is 31.2. The Kier molecular flexibility index (Phi) is 72.5. The van der Waals surface area contributed by atoms with Crippen LogP contribution in [0.1, 0.15) is 433 Å². The molecule has 0 aliphatic carbocycles. The lowest BCUT2D eigenvalue weighted by Crippen LogP contribution is -2.30. The zero-order chi connectivity index (χ0) is 73.4. The van der Waals surface area contributed by atoms with Gasteiger partial charge < -0.3 is 33.8 Å². The van der Waals surface area contributed by atoms with Gasteiger partial charge in [0.2, 0.25) is 0 Å². The molecule has 0 aliphatic heterocycles. The van der Waals surface area contributed by atoms with Crippen molar-refractivity contribution in [1.82, 2.24) is 0 Å². The van der Waals surface area contributed by atoms with Crippen molar-refractivity contribution in [3.8, 4) is 0 Å². The Balaban J connectivity index is 5.23. The summed E-state index contributed by atoms with van der Waals surface area (Å²) >= 11 is 0. The van der Waals surface area contributed by atoms with Crippen LogP contribution in [-0.4, -0.2) is 96.7 Å². The number of carbonyl (C=O) groups excluding carboxylic acids is 4. The van der Waals surface area contributed by atoms with Gasteiger partial charge in [-0.2, -0.15) is 0 Å². The summed E-state index contributed by atoms with van der Waals surface area (Å²) in [5.41, 5.74) is 0. The fraction of sp³-hybridized carbons (Fsp3) is 0.951. The van der Waals surface area contributed by atoms with Gasteiger partial charge in [-0.3, -0.25) is 37.3 Å². The molecule has 19 heteroatoms. The number of phosphoric acid groups is 2. The number of aliphatic hydroxyl groups is 1. The molecule has 0 rings (SSSR count). The molecule has 0 saturated carbocycles. The number of rotatable bonds is 81. The topological polar surface area (TPSA) is 237 Å². The zero-order valence-corrected chi connectivity index (χ0v) is 67.1. The summed E-state index contributed by atoms with van der Waals surface area (Å²) in [4.78, 5) is 73.0. The molecule has 0 amide bonds. The van der Waals surface area contributed by atoms with E-state index in [1.165, 1.54) is 257 Å². The maximum Gasteiger partial charge on any atom is 0.472 e. The third-order valence-corrected chi connectivity index (χ3v) is 20.9. The zero-order valence-electron chi connectivity index (χ0n) is 65.3. The predicted octanol–water partition coefficient (Wildman–Crippen LogP) is 24.4. The first kappa shape index (κ1) is 98.1. The van der Waals surface area contributed by atoms with Crippen molar-refractivity contribution < 1.29 is 80.2 Å². The van der Waals surface area contributed by atoms with Crippen LogP contribution in [0, 0.1) is 5.92 Å². The number of phosphoric ester groups is 2.